The Balaban J connectivity index is 2.87. The maximum atomic E-state index is 10.5. The highest BCUT2D eigenvalue weighted by Gasteiger charge is 2.15. The van der Waals surface area contributed by atoms with Crippen molar-refractivity contribution in [3.05, 3.63) is 5.69 Å². The standard InChI is InChI=1S/C5H7N3O3/c1-2-10-5-3(4(6)9)7-11-8-5/h2H2,1H3,(H2,6,9). The molecule has 0 aromatic carbocycles. The van der Waals surface area contributed by atoms with E-state index in [1.54, 1.807) is 6.92 Å². The summed E-state index contributed by atoms with van der Waals surface area (Å²) in [5.74, 6) is -0.672. The Bertz CT molecular complexity index is 257. The molecule has 1 rings (SSSR count). The molecule has 0 spiro atoms. The van der Waals surface area contributed by atoms with Crippen LogP contribution in [-0.4, -0.2) is 22.8 Å². The molecule has 1 aromatic heterocycles. The van der Waals surface area contributed by atoms with Crippen LogP contribution in [0.1, 0.15) is 17.4 Å². The number of rotatable bonds is 3. The molecule has 6 heteroatoms. The van der Waals surface area contributed by atoms with E-state index in [9.17, 15) is 4.79 Å². The number of ether oxygens (including phenoxy) is 1. The monoisotopic (exact) mass is 157 g/mol. The highest BCUT2D eigenvalue weighted by Crippen LogP contribution is 2.10. The Morgan fingerprint density at radius 3 is 3.00 bits per heavy atom. The number of hydrogen-bond donors (Lipinski definition) is 1. The summed E-state index contributed by atoms with van der Waals surface area (Å²) in [5, 5.41) is 6.57. The number of hydrogen-bond acceptors (Lipinski definition) is 5. The van der Waals surface area contributed by atoms with Crippen molar-refractivity contribution < 1.29 is 14.2 Å². The van der Waals surface area contributed by atoms with Gasteiger partial charge in [-0.2, -0.15) is 0 Å². The second-order valence-electron chi connectivity index (χ2n) is 1.72. The molecule has 0 fully saturated rings. The molecule has 0 radical (unpaired) electrons. The minimum atomic E-state index is -0.713. The maximum absolute atomic E-state index is 10.5. The van der Waals surface area contributed by atoms with Crippen LogP contribution in [0.3, 0.4) is 0 Å². The van der Waals surface area contributed by atoms with Crippen LogP contribution < -0.4 is 10.5 Å². The molecule has 0 bridgehead atoms. The van der Waals surface area contributed by atoms with Crippen LogP contribution in [0.5, 0.6) is 5.88 Å². The first kappa shape index (κ1) is 7.52. The maximum Gasteiger partial charge on any atom is 0.289 e. The lowest BCUT2D eigenvalue weighted by Gasteiger charge is -1.94. The molecule has 11 heavy (non-hydrogen) atoms. The zero-order valence-corrected chi connectivity index (χ0v) is 5.90. The van der Waals surface area contributed by atoms with Crippen molar-refractivity contribution in [1.82, 2.24) is 10.3 Å². The Morgan fingerprint density at radius 1 is 1.73 bits per heavy atom. The molecule has 60 valence electrons. The first-order valence-electron chi connectivity index (χ1n) is 3.01. The topological polar surface area (TPSA) is 91.2 Å². The van der Waals surface area contributed by atoms with Crippen molar-refractivity contribution in [3.8, 4) is 5.88 Å². The molecule has 0 saturated heterocycles. The van der Waals surface area contributed by atoms with E-state index in [0.29, 0.717) is 6.61 Å². The van der Waals surface area contributed by atoms with Gasteiger partial charge in [-0.25, -0.2) is 4.63 Å². The normalized spacial score (nSPS) is 9.55. The summed E-state index contributed by atoms with van der Waals surface area (Å²) >= 11 is 0. The molecule has 0 saturated carbocycles. The molecule has 1 heterocycles. The number of nitrogens with two attached hydrogens (primary N) is 1. The summed E-state index contributed by atoms with van der Waals surface area (Å²) in [4.78, 5) is 10.5. The molecule has 2 N–H and O–H groups in total. The first-order valence-corrected chi connectivity index (χ1v) is 3.01. The van der Waals surface area contributed by atoms with Crippen LogP contribution >= 0.6 is 0 Å². The number of primary amides is 1. The van der Waals surface area contributed by atoms with Gasteiger partial charge in [0.25, 0.3) is 11.8 Å². The fourth-order valence-electron chi connectivity index (χ4n) is 0.562. The van der Waals surface area contributed by atoms with Crippen LogP contribution in [0.4, 0.5) is 0 Å². The van der Waals surface area contributed by atoms with E-state index < -0.39 is 5.91 Å². The average molecular weight is 157 g/mol. The van der Waals surface area contributed by atoms with Gasteiger partial charge in [0.2, 0.25) is 5.69 Å². The lowest BCUT2D eigenvalue weighted by Crippen LogP contribution is -2.13. The van der Waals surface area contributed by atoms with Gasteiger partial charge < -0.3 is 10.5 Å². The van der Waals surface area contributed by atoms with Gasteiger partial charge in [-0.05, 0) is 17.2 Å². The second-order valence-corrected chi connectivity index (χ2v) is 1.72. The summed E-state index contributed by atoms with van der Waals surface area (Å²) in [6, 6.07) is 0. The van der Waals surface area contributed by atoms with E-state index in [-0.39, 0.29) is 11.6 Å². The van der Waals surface area contributed by atoms with Gasteiger partial charge in [-0.3, -0.25) is 4.79 Å². The summed E-state index contributed by atoms with van der Waals surface area (Å²) in [6.45, 7) is 2.13. The molecule has 1 amide bonds. The number of nitrogens with zero attached hydrogens (tertiary/aromatic N) is 2. The highest BCUT2D eigenvalue weighted by atomic mass is 16.6. The molecule has 0 atom stereocenters. The Morgan fingerprint density at radius 2 is 2.45 bits per heavy atom. The van der Waals surface area contributed by atoms with Crippen molar-refractivity contribution in [1.29, 1.82) is 0 Å². The number of aromatic nitrogens is 2. The fourth-order valence-corrected chi connectivity index (χ4v) is 0.562. The predicted molar refractivity (Wildman–Crippen MR) is 34.0 cm³/mol. The van der Waals surface area contributed by atoms with Gasteiger partial charge in [-0.1, -0.05) is 0 Å². The second kappa shape index (κ2) is 3.00. The number of carbonyl (C=O) groups excluding carboxylic acids is 1. The Hall–Kier alpha value is -1.59. The van der Waals surface area contributed by atoms with E-state index in [4.69, 9.17) is 10.5 Å². The molecule has 0 unspecified atom stereocenters. The zero-order valence-electron chi connectivity index (χ0n) is 5.90. The number of carbonyl (C=O) groups is 1. The molecular weight excluding hydrogens is 150 g/mol. The molecule has 0 aliphatic rings. The average Bonchev–Trinajstić information content (AvgIpc) is 2.36. The van der Waals surface area contributed by atoms with Crippen LogP contribution in [0.15, 0.2) is 4.63 Å². The molecule has 0 aliphatic carbocycles. The van der Waals surface area contributed by atoms with Crippen molar-refractivity contribution in [2.75, 3.05) is 6.61 Å². The lowest BCUT2D eigenvalue weighted by molar-refractivity contribution is 0.0988. The summed E-state index contributed by atoms with van der Waals surface area (Å²) in [5.41, 5.74) is 4.83. The van der Waals surface area contributed by atoms with Crippen molar-refractivity contribution in [2.24, 2.45) is 5.73 Å². The minimum absolute atomic E-state index is 0.0417. The first-order chi connectivity index (χ1) is 5.25. The van der Waals surface area contributed by atoms with Gasteiger partial charge in [0.15, 0.2) is 0 Å². The molecule has 0 aliphatic heterocycles. The Labute approximate surface area is 62.3 Å². The van der Waals surface area contributed by atoms with E-state index in [0.717, 1.165) is 0 Å². The smallest absolute Gasteiger partial charge is 0.289 e. The van der Waals surface area contributed by atoms with Crippen LogP contribution in [0.25, 0.3) is 0 Å². The Kier molecular flexibility index (Phi) is 2.05. The molecule has 1 aromatic rings. The predicted octanol–water partition coefficient (Wildman–Crippen LogP) is -0.433. The fraction of sp³-hybridized carbons (Fsp3) is 0.400. The quantitative estimate of drug-likeness (QED) is 0.642. The highest BCUT2D eigenvalue weighted by molar-refractivity contribution is 5.92. The van der Waals surface area contributed by atoms with Crippen LogP contribution in [0, 0.1) is 0 Å². The minimum Gasteiger partial charge on any atom is -0.474 e. The zero-order chi connectivity index (χ0) is 8.27. The largest absolute Gasteiger partial charge is 0.474 e. The van der Waals surface area contributed by atoms with E-state index in [2.05, 4.69) is 14.9 Å². The van der Waals surface area contributed by atoms with Crippen molar-refractivity contribution >= 4 is 5.91 Å². The van der Waals surface area contributed by atoms with Gasteiger partial charge in [-0.15, -0.1) is 0 Å². The van der Waals surface area contributed by atoms with Gasteiger partial charge >= 0.3 is 0 Å². The third-order valence-corrected chi connectivity index (χ3v) is 0.973. The van der Waals surface area contributed by atoms with Crippen LogP contribution in [-0.2, 0) is 0 Å². The third kappa shape index (κ3) is 1.46. The van der Waals surface area contributed by atoms with Gasteiger partial charge in [0, 0.05) is 0 Å². The molecule has 6 nitrogen and oxygen atoms in total. The van der Waals surface area contributed by atoms with Gasteiger partial charge in [0.05, 0.1) is 6.61 Å². The van der Waals surface area contributed by atoms with E-state index >= 15 is 0 Å². The number of amides is 1. The van der Waals surface area contributed by atoms with E-state index in [1.165, 1.54) is 0 Å². The molecular formula is C5H7N3O3. The third-order valence-electron chi connectivity index (χ3n) is 0.973. The SMILES string of the molecule is CCOc1nonc1C(N)=O. The van der Waals surface area contributed by atoms with Gasteiger partial charge in [0.1, 0.15) is 0 Å². The van der Waals surface area contributed by atoms with Crippen LogP contribution in [0.2, 0.25) is 0 Å². The van der Waals surface area contributed by atoms with Crippen molar-refractivity contribution in [2.45, 2.75) is 6.92 Å². The van der Waals surface area contributed by atoms with Crippen molar-refractivity contribution in [3.63, 3.8) is 0 Å². The summed E-state index contributed by atoms with van der Waals surface area (Å²) in [6.07, 6.45) is 0. The van der Waals surface area contributed by atoms with E-state index in [1.807, 2.05) is 0 Å². The summed E-state index contributed by atoms with van der Waals surface area (Å²) in [7, 11) is 0. The lowest BCUT2D eigenvalue weighted by atomic mass is 10.4. The summed E-state index contributed by atoms with van der Waals surface area (Å²) < 4.78 is 9.10.